The molecule has 0 radical (unpaired) electrons. The minimum atomic E-state index is -3.06. The Morgan fingerprint density at radius 1 is 1.39 bits per heavy atom. The van der Waals surface area contributed by atoms with E-state index in [0.717, 1.165) is 12.6 Å². The number of benzene rings is 1. The first-order valence-corrected chi connectivity index (χ1v) is 6.75. The Bertz CT molecular complexity index is 665. The molecule has 0 saturated carbocycles. The number of rotatable bonds is 7. The second-order valence-electron chi connectivity index (χ2n) is 5.10. The summed E-state index contributed by atoms with van der Waals surface area (Å²) in [6.07, 6.45) is 0. The van der Waals surface area contributed by atoms with Crippen LogP contribution in [0.25, 0.3) is 0 Å². The number of anilines is 1. The number of ether oxygens (including phenoxy) is 1. The summed E-state index contributed by atoms with van der Waals surface area (Å²) in [5.74, 6) is -4.16. The van der Waals surface area contributed by atoms with Gasteiger partial charge in [-0.1, -0.05) is 5.16 Å². The summed E-state index contributed by atoms with van der Waals surface area (Å²) in [6.45, 7) is 0.619. The molecular formula is C15H16F2N2O4. The molecule has 8 heteroatoms. The molecule has 0 bridgehead atoms. The van der Waals surface area contributed by atoms with Gasteiger partial charge in [0.25, 0.3) is 0 Å². The molecule has 2 aromatic rings. The molecular weight excluding hydrogens is 310 g/mol. The lowest BCUT2D eigenvalue weighted by atomic mass is 10.2. The number of carboxylic acids is 1. The van der Waals surface area contributed by atoms with Crippen molar-refractivity contribution < 1.29 is 27.9 Å². The van der Waals surface area contributed by atoms with Gasteiger partial charge in [0.05, 0.1) is 6.54 Å². The molecule has 0 aliphatic heterocycles. The van der Waals surface area contributed by atoms with Crippen molar-refractivity contribution in [2.24, 2.45) is 0 Å². The molecule has 0 atom stereocenters. The highest BCUT2D eigenvalue weighted by Crippen LogP contribution is 2.28. The van der Waals surface area contributed by atoms with Gasteiger partial charge < -0.3 is 19.3 Å². The maximum absolute atomic E-state index is 13.1. The topological polar surface area (TPSA) is 75.8 Å². The zero-order chi connectivity index (χ0) is 17.0. The molecule has 1 heterocycles. The number of carboxylic acid groups (broad SMARTS) is 1. The molecule has 0 fully saturated rings. The van der Waals surface area contributed by atoms with Crippen molar-refractivity contribution in [1.82, 2.24) is 5.16 Å². The Hall–Kier alpha value is -2.64. The van der Waals surface area contributed by atoms with Crippen LogP contribution >= 0.6 is 0 Å². The number of carbonyl (C=O) groups is 1. The number of alkyl halides is 2. The largest absolute Gasteiger partial charge is 0.482 e. The summed E-state index contributed by atoms with van der Waals surface area (Å²) in [7, 11) is 1.77. The van der Waals surface area contributed by atoms with Gasteiger partial charge in [-0.05, 0) is 24.3 Å². The summed E-state index contributed by atoms with van der Waals surface area (Å²) in [5, 5.41) is 12.2. The maximum atomic E-state index is 13.1. The first-order chi connectivity index (χ1) is 10.8. The van der Waals surface area contributed by atoms with E-state index in [1.165, 1.54) is 6.07 Å². The molecule has 2 rings (SSSR count). The van der Waals surface area contributed by atoms with Gasteiger partial charge in [-0.2, -0.15) is 8.78 Å². The number of aromatic nitrogens is 1. The van der Waals surface area contributed by atoms with Gasteiger partial charge in [-0.25, -0.2) is 4.79 Å². The van der Waals surface area contributed by atoms with E-state index >= 15 is 0 Å². The van der Waals surface area contributed by atoms with E-state index in [9.17, 15) is 13.6 Å². The van der Waals surface area contributed by atoms with Crippen molar-refractivity contribution in [3.8, 4) is 5.75 Å². The van der Waals surface area contributed by atoms with E-state index in [2.05, 4.69) is 9.68 Å². The Labute approximate surface area is 131 Å². The molecule has 1 aromatic heterocycles. The second-order valence-corrected chi connectivity index (χ2v) is 5.10. The van der Waals surface area contributed by atoms with E-state index in [-0.39, 0.29) is 6.54 Å². The highest BCUT2D eigenvalue weighted by molar-refractivity contribution is 5.68. The lowest BCUT2D eigenvalue weighted by Crippen LogP contribution is -2.16. The molecule has 0 saturated heterocycles. The third-order valence-corrected chi connectivity index (χ3v) is 3.03. The Morgan fingerprint density at radius 3 is 2.57 bits per heavy atom. The molecule has 0 aliphatic carbocycles. The highest BCUT2D eigenvalue weighted by Gasteiger charge is 2.29. The summed E-state index contributed by atoms with van der Waals surface area (Å²) in [6, 6.07) is 7.94. The maximum Gasteiger partial charge on any atom is 0.341 e. The van der Waals surface area contributed by atoms with Crippen LogP contribution in [-0.4, -0.2) is 29.9 Å². The van der Waals surface area contributed by atoms with Crippen molar-refractivity contribution in [2.75, 3.05) is 18.6 Å². The number of hydrogen-bond acceptors (Lipinski definition) is 5. The van der Waals surface area contributed by atoms with Crippen molar-refractivity contribution in [2.45, 2.75) is 19.4 Å². The molecule has 124 valence electrons. The van der Waals surface area contributed by atoms with Gasteiger partial charge in [0.2, 0.25) is 5.76 Å². The summed E-state index contributed by atoms with van der Waals surface area (Å²) in [4.78, 5) is 12.2. The molecule has 0 spiro atoms. The quantitative estimate of drug-likeness (QED) is 0.843. The zero-order valence-electron chi connectivity index (χ0n) is 12.6. The fourth-order valence-electron chi connectivity index (χ4n) is 1.87. The van der Waals surface area contributed by atoms with Crippen LogP contribution in [0.3, 0.4) is 0 Å². The number of aliphatic carboxylic acids is 1. The average Bonchev–Trinajstić information content (AvgIpc) is 2.94. The highest BCUT2D eigenvalue weighted by atomic mass is 19.3. The number of hydrogen-bond donors (Lipinski definition) is 1. The molecule has 1 N–H and O–H groups in total. The fourth-order valence-corrected chi connectivity index (χ4v) is 1.87. The predicted molar refractivity (Wildman–Crippen MR) is 77.8 cm³/mol. The molecule has 0 unspecified atom stereocenters. The van der Waals surface area contributed by atoms with Crippen LogP contribution in [0.2, 0.25) is 0 Å². The predicted octanol–water partition coefficient (Wildman–Crippen LogP) is 2.89. The van der Waals surface area contributed by atoms with Crippen LogP contribution in [0.5, 0.6) is 5.75 Å². The third-order valence-electron chi connectivity index (χ3n) is 3.03. The average molecular weight is 326 g/mol. The minimum Gasteiger partial charge on any atom is -0.482 e. The van der Waals surface area contributed by atoms with E-state index in [0.29, 0.717) is 11.4 Å². The Morgan fingerprint density at radius 2 is 2.04 bits per heavy atom. The van der Waals surface area contributed by atoms with Crippen LogP contribution < -0.4 is 9.64 Å². The SMILES string of the molecule is CN(Cc1cc(C(C)(F)F)on1)c1ccc(OCC(=O)O)cc1. The van der Waals surface area contributed by atoms with Crippen LogP contribution in [0.4, 0.5) is 14.5 Å². The molecule has 23 heavy (non-hydrogen) atoms. The van der Waals surface area contributed by atoms with Gasteiger partial charge >= 0.3 is 11.9 Å². The minimum absolute atomic E-state index is 0.287. The van der Waals surface area contributed by atoms with E-state index in [1.54, 1.807) is 36.2 Å². The van der Waals surface area contributed by atoms with E-state index in [1.807, 2.05) is 0 Å². The lowest BCUT2D eigenvalue weighted by Gasteiger charge is -2.18. The summed E-state index contributed by atoms with van der Waals surface area (Å²) < 4.78 is 35.9. The normalized spacial score (nSPS) is 11.3. The smallest absolute Gasteiger partial charge is 0.341 e. The molecule has 0 amide bonds. The molecule has 6 nitrogen and oxygen atoms in total. The fraction of sp³-hybridized carbons (Fsp3) is 0.333. The van der Waals surface area contributed by atoms with E-state index in [4.69, 9.17) is 9.84 Å². The van der Waals surface area contributed by atoms with E-state index < -0.39 is 24.3 Å². The van der Waals surface area contributed by atoms with Crippen molar-refractivity contribution >= 4 is 11.7 Å². The zero-order valence-corrected chi connectivity index (χ0v) is 12.6. The van der Waals surface area contributed by atoms with Crippen molar-refractivity contribution in [3.05, 3.63) is 41.8 Å². The lowest BCUT2D eigenvalue weighted by molar-refractivity contribution is -0.139. The van der Waals surface area contributed by atoms with Crippen LogP contribution in [-0.2, 0) is 17.3 Å². The second kappa shape index (κ2) is 6.64. The van der Waals surface area contributed by atoms with Crippen LogP contribution in [0, 0.1) is 0 Å². The van der Waals surface area contributed by atoms with Gasteiger partial charge in [0.1, 0.15) is 11.4 Å². The summed E-state index contributed by atoms with van der Waals surface area (Å²) >= 11 is 0. The van der Waals surface area contributed by atoms with Gasteiger partial charge in [0.15, 0.2) is 6.61 Å². The standard InChI is InChI=1S/C15H16F2N2O4/c1-15(16,17)13-7-10(18-23-13)8-19(2)11-3-5-12(6-4-11)22-9-14(20)21/h3-7H,8-9H2,1-2H3,(H,20,21). The Kier molecular flexibility index (Phi) is 4.83. The molecule has 1 aromatic carbocycles. The number of nitrogens with zero attached hydrogens (tertiary/aromatic N) is 2. The van der Waals surface area contributed by atoms with Gasteiger partial charge in [-0.3, -0.25) is 0 Å². The molecule has 0 aliphatic rings. The van der Waals surface area contributed by atoms with Gasteiger partial charge in [0, 0.05) is 25.7 Å². The van der Waals surface area contributed by atoms with Gasteiger partial charge in [-0.15, -0.1) is 0 Å². The Balaban J connectivity index is 1.99. The van der Waals surface area contributed by atoms with Crippen molar-refractivity contribution in [3.63, 3.8) is 0 Å². The van der Waals surface area contributed by atoms with Crippen LogP contribution in [0.1, 0.15) is 18.4 Å². The summed E-state index contributed by atoms with van der Waals surface area (Å²) in [5.41, 5.74) is 1.18. The first kappa shape index (κ1) is 16.7. The number of halogens is 2. The van der Waals surface area contributed by atoms with Crippen LogP contribution in [0.15, 0.2) is 34.9 Å². The third kappa shape index (κ3) is 4.67. The monoisotopic (exact) mass is 326 g/mol. The van der Waals surface area contributed by atoms with Crippen molar-refractivity contribution in [1.29, 1.82) is 0 Å². The first-order valence-electron chi connectivity index (χ1n) is 6.75.